The van der Waals surface area contributed by atoms with E-state index in [1.54, 1.807) is 12.1 Å². The molecule has 0 atom stereocenters. The maximum Gasteiger partial charge on any atom is 0.387 e. The third-order valence-corrected chi connectivity index (χ3v) is 2.13. The van der Waals surface area contributed by atoms with Crippen LogP contribution in [0.3, 0.4) is 0 Å². The van der Waals surface area contributed by atoms with Gasteiger partial charge in [-0.05, 0) is 12.1 Å². The van der Waals surface area contributed by atoms with E-state index in [1.165, 1.54) is 12.1 Å². The van der Waals surface area contributed by atoms with Crippen molar-refractivity contribution in [2.24, 2.45) is 0 Å². The Kier molecular flexibility index (Phi) is 6.32. The van der Waals surface area contributed by atoms with Crippen LogP contribution in [0.25, 0.3) is 5.73 Å². The second kappa shape index (κ2) is 8.05. The van der Waals surface area contributed by atoms with Gasteiger partial charge in [-0.3, -0.25) is 0 Å². The molecule has 0 amide bonds. The van der Waals surface area contributed by atoms with Crippen LogP contribution in [-0.2, 0) is 6.54 Å². The van der Waals surface area contributed by atoms with Gasteiger partial charge in [0.05, 0.1) is 0 Å². The van der Waals surface area contributed by atoms with Gasteiger partial charge in [-0.2, -0.15) is 8.78 Å². The lowest BCUT2D eigenvalue weighted by atomic mass is 10.2. The minimum absolute atomic E-state index is 0.0833. The lowest BCUT2D eigenvalue weighted by Crippen LogP contribution is -2.01. The molecule has 2 aromatic carbocycles. The predicted molar refractivity (Wildman–Crippen MR) is 72.0 cm³/mol. The molecule has 2 rings (SSSR count). The van der Waals surface area contributed by atoms with Gasteiger partial charge >= 0.3 is 6.61 Å². The van der Waals surface area contributed by atoms with E-state index in [-0.39, 0.29) is 5.75 Å². The predicted octanol–water partition coefficient (Wildman–Crippen LogP) is 4.11. The van der Waals surface area contributed by atoms with Crippen LogP contribution in [0.15, 0.2) is 54.6 Å². The fourth-order valence-electron chi connectivity index (χ4n) is 1.29. The summed E-state index contributed by atoms with van der Waals surface area (Å²) >= 11 is 0. The summed E-state index contributed by atoms with van der Waals surface area (Å²) in [5.74, 6) is 0.0833. The molecule has 0 spiro atoms. The average Bonchev–Trinajstić information content (AvgIpc) is 2.40. The van der Waals surface area contributed by atoms with Gasteiger partial charge in [-0.25, -0.2) is 0 Å². The van der Waals surface area contributed by atoms with Crippen LogP contribution in [0.2, 0.25) is 0 Å². The van der Waals surface area contributed by atoms with Crippen LogP contribution in [0.5, 0.6) is 5.75 Å². The highest BCUT2D eigenvalue weighted by atomic mass is 19.3. The third-order valence-electron chi connectivity index (χ3n) is 2.13. The summed E-state index contributed by atoms with van der Waals surface area (Å²) in [5, 5.41) is 0. The van der Waals surface area contributed by atoms with Gasteiger partial charge < -0.3 is 16.2 Å². The van der Waals surface area contributed by atoms with Crippen LogP contribution >= 0.6 is 0 Å². The van der Waals surface area contributed by atoms with E-state index in [0.717, 1.165) is 5.56 Å². The zero-order chi connectivity index (χ0) is 14.1. The molecule has 5 heteroatoms. The molecule has 0 aromatic heterocycles. The lowest BCUT2D eigenvalue weighted by molar-refractivity contribution is -0.0497. The number of anilines is 1. The van der Waals surface area contributed by atoms with Gasteiger partial charge in [0.2, 0.25) is 0 Å². The number of nitrogens with two attached hydrogens (primary N) is 1. The summed E-state index contributed by atoms with van der Waals surface area (Å²) in [5.41, 5.74) is 13.7. The van der Waals surface area contributed by atoms with Crippen molar-refractivity contribution < 1.29 is 13.5 Å². The highest BCUT2D eigenvalue weighted by Gasteiger charge is 2.02. The number of hydrogen-bond donors (Lipinski definition) is 1. The quantitative estimate of drug-likeness (QED) is 0.849. The van der Waals surface area contributed by atoms with Crippen molar-refractivity contribution in [3.8, 4) is 5.75 Å². The smallest absolute Gasteiger partial charge is 0.387 e. The van der Waals surface area contributed by atoms with Crippen molar-refractivity contribution >= 4 is 5.69 Å². The minimum Gasteiger partial charge on any atom is -0.674 e. The van der Waals surface area contributed by atoms with Gasteiger partial charge in [0.1, 0.15) is 5.75 Å². The van der Waals surface area contributed by atoms with Crippen LogP contribution in [0, 0.1) is 0 Å². The standard InChI is InChI=1S/C7H7F2NO.C7H8N/c8-7(9)11-6-3-1-2-5(10)4-6;8-6-7-4-2-1-3-5-7/h1-4,7H,10H2;1-5,8H,6H2/q;-1. The Morgan fingerprint density at radius 1 is 1.05 bits per heavy atom. The number of halogens is 2. The summed E-state index contributed by atoms with van der Waals surface area (Å²) in [6, 6.07) is 15.7. The van der Waals surface area contributed by atoms with Crippen molar-refractivity contribution in [2.75, 3.05) is 5.73 Å². The number of benzene rings is 2. The van der Waals surface area contributed by atoms with E-state index in [9.17, 15) is 8.78 Å². The summed E-state index contributed by atoms with van der Waals surface area (Å²) in [7, 11) is 0. The topological polar surface area (TPSA) is 59.0 Å². The van der Waals surface area contributed by atoms with Gasteiger partial charge in [-0.15, -0.1) is 6.54 Å². The number of nitrogen functional groups attached to an aromatic ring is 1. The summed E-state index contributed by atoms with van der Waals surface area (Å²) in [6.07, 6.45) is 0. The van der Waals surface area contributed by atoms with Crippen molar-refractivity contribution in [1.82, 2.24) is 0 Å². The molecular weight excluding hydrogens is 250 g/mol. The Morgan fingerprint density at radius 2 is 1.74 bits per heavy atom. The second-order valence-electron chi connectivity index (χ2n) is 3.61. The molecule has 0 fully saturated rings. The van der Waals surface area contributed by atoms with Crippen LogP contribution in [0.4, 0.5) is 14.5 Å². The first-order valence-corrected chi connectivity index (χ1v) is 5.60. The molecule has 3 nitrogen and oxygen atoms in total. The Morgan fingerprint density at radius 3 is 2.21 bits per heavy atom. The van der Waals surface area contributed by atoms with E-state index in [0.29, 0.717) is 12.2 Å². The first kappa shape index (κ1) is 14.9. The highest BCUT2D eigenvalue weighted by molar-refractivity contribution is 5.43. The number of nitrogens with one attached hydrogen (secondary N) is 1. The molecule has 2 aromatic rings. The summed E-state index contributed by atoms with van der Waals surface area (Å²) < 4.78 is 27.3. The van der Waals surface area contributed by atoms with Crippen molar-refractivity contribution in [2.45, 2.75) is 13.2 Å². The first-order chi connectivity index (χ1) is 9.11. The summed E-state index contributed by atoms with van der Waals surface area (Å²) in [6.45, 7) is -2.40. The molecule has 102 valence electrons. The van der Waals surface area contributed by atoms with Crippen LogP contribution < -0.4 is 10.5 Å². The third kappa shape index (κ3) is 6.38. The normalized spacial score (nSPS) is 9.68. The largest absolute Gasteiger partial charge is 0.674 e. The van der Waals surface area contributed by atoms with E-state index >= 15 is 0 Å². The molecular formula is C14H15F2N2O-. The lowest BCUT2D eigenvalue weighted by Gasteiger charge is -2.03. The van der Waals surface area contributed by atoms with Crippen molar-refractivity contribution in [1.29, 1.82) is 0 Å². The molecule has 0 saturated heterocycles. The number of alkyl halides is 2. The van der Waals surface area contributed by atoms with E-state index < -0.39 is 6.61 Å². The Labute approximate surface area is 110 Å². The molecule has 0 saturated carbocycles. The van der Waals surface area contributed by atoms with E-state index in [4.69, 9.17) is 11.5 Å². The van der Waals surface area contributed by atoms with Crippen molar-refractivity contribution in [3.05, 3.63) is 65.9 Å². The zero-order valence-electron chi connectivity index (χ0n) is 10.2. The maximum atomic E-state index is 11.6. The van der Waals surface area contributed by atoms with Gasteiger partial charge in [0.25, 0.3) is 0 Å². The monoisotopic (exact) mass is 265 g/mol. The highest BCUT2D eigenvalue weighted by Crippen LogP contribution is 2.16. The number of rotatable bonds is 3. The van der Waals surface area contributed by atoms with E-state index in [1.807, 2.05) is 30.3 Å². The van der Waals surface area contributed by atoms with Crippen LogP contribution in [-0.4, -0.2) is 6.61 Å². The summed E-state index contributed by atoms with van der Waals surface area (Å²) in [4.78, 5) is 0. The average molecular weight is 265 g/mol. The molecule has 0 aliphatic heterocycles. The van der Waals surface area contributed by atoms with Gasteiger partial charge in [0.15, 0.2) is 0 Å². The number of ether oxygens (including phenoxy) is 1. The molecule has 0 heterocycles. The molecule has 0 aliphatic carbocycles. The molecule has 0 unspecified atom stereocenters. The second-order valence-corrected chi connectivity index (χ2v) is 3.61. The van der Waals surface area contributed by atoms with Gasteiger partial charge in [0, 0.05) is 11.8 Å². The van der Waals surface area contributed by atoms with Crippen LogP contribution in [0.1, 0.15) is 5.56 Å². The SMILES string of the molecule is Nc1cccc(OC(F)F)c1.[NH-]Cc1ccccc1. The molecule has 3 N–H and O–H groups in total. The molecule has 0 bridgehead atoms. The molecule has 0 aliphatic rings. The number of hydrogen-bond acceptors (Lipinski definition) is 2. The van der Waals surface area contributed by atoms with Crippen molar-refractivity contribution in [3.63, 3.8) is 0 Å². The maximum absolute atomic E-state index is 11.6. The minimum atomic E-state index is -2.79. The first-order valence-electron chi connectivity index (χ1n) is 5.60. The van der Waals surface area contributed by atoms with Gasteiger partial charge in [-0.1, -0.05) is 42.0 Å². The van der Waals surface area contributed by atoms with E-state index in [2.05, 4.69) is 4.74 Å². The Balaban J connectivity index is 0.000000200. The molecule has 0 radical (unpaired) electrons. The Bertz CT molecular complexity index is 478. The fourth-order valence-corrected chi connectivity index (χ4v) is 1.29. The molecule has 19 heavy (non-hydrogen) atoms. The Hall–Kier alpha value is -2.14. The zero-order valence-corrected chi connectivity index (χ0v) is 10.2. The fraction of sp³-hybridized carbons (Fsp3) is 0.143.